The number of amides is 2. The largest absolute Gasteiger partial charge is 0.496 e. The van der Waals surface area contributed by atoms with Crippen molar-refractivity contribution in [1.29, 1.82) is 0 Å². The van der Waals surface area contributed by atoms with Gasteiger partial charge in [-0.05, 0) is 12.1 Å². The minimum atomic E-state index is -4.92. The van der Waals surface area contributed by atoms with E-state index in [0.29, 0.717) is 5.75 Å². The third kappa shape index (κ3) is 4.45. The van der Waals surface area contributed by atoms with Crippen LogP contribution in [0.1, 0.15) is 10.4 Å². The molecule has 0 unspecified atom stereocenters. The lowest BCUT2D eigenvalue weighted by atomic mass is 10.2. The summed E-state index contributed by atoms with van der Waals surface area (Å²) in [6.45, 7) is -0.446. The molecule has 0 radical (unpaired) electrons. The Morgan fingerprint density at radius 3 is 2.35 bits per heavy atom. The van der Waals surface area contributed by atoms with Crippen molar-refractivity contribution >= 4 is 11.8 Å². The van der Waals surface area contributed by atoms with Crippen LogP contribution in [0.2, 0.25) is 0 Å². The molecule has 0 spiro atoms. The Bertz CT molecular complexity index is 489. The number of para-hydroxylation sites is 1. The molecule has 1 aromatic rings. The first-order chi connectivity index (χ1) is 9.36. The number of carbonyl (C=O) groups is 2. The smallest absolute Gasteiger partial charge is 0.471 e. The highest BCUT2D eigenvalue weighted by molar-refractivity contribution is 5.96. The summed E-state index contributed by atoms with van der Waals surface area (Å²) in [6, 6.07) is 6.41. The number of hydrogen-bond donors (Lipinski definition) is 2. The average Bonchev–Trinajstić information content (AvgIpc) is 2.41. The monoisotopic (exact) mass is 290 g/mol. The van der Waals surface area contributed by atoms with Gasteiger partial charge in [-0.25, -0.2) is 0 Å². The molecule has 0 heterocycles. The number of halogens is 3. The van der Waals surface area contributed by atoms with Crippen molar-refractivity contribution in [2.45, 2.75) is 6.18 Å². The SMILES string of the molecule is COc1ccccc1C(=O)NCCNC(=O)C(F)(F)F. The van der Waals surface area contributed by atoms with Gasteiger partial charge < -0.3 is 15.4 Å². The first kappa shape index (κ1) is 15.8. The van der Waals surface area contributed by atoms with E-state index >= 15 is 0 Å². The van der Waals surface area contributed by atoms with Crippen LogP contribution in [0.15, 0.2) is 24.3 Å². The zero-order chi connectivity index (χ0) is 15.2. The van der Waals surface area contributed by atoms with E-state index in [0.717, 1.165) is 0 Å². The topological polar surface area (TPSA) is 67.4 Å². The van der Waals surface area contributed by atoms with Crippen molar-refractivity contribution in [3.05, 3.63) is 29.8 Å². The maximum absolute atomic E-state index is 11.9. The van der Waals surface area contributed by atoms with Gasteiger partial charge >= 0.3 is 12.1 Å². The summed E-state index contributed by atoms with van der Waals surface area (Å²) >= 11 is 0. The fraction of sp³-hybridized carbons (Fsp3) is 0.333. The van der Waals surface area contributed by atoms with Crippen molar-refractivity contribution in [2.75, 3.05) is 20.2 Å². The van der Waals surface area contributed by atoms with Gasteiger partial charge in [0.2, 0.25) is 0 Å². The minimum absolute atomic E-state index is 0.126. The Kier molecular flexibility index (Phi) is 5.36. The number of methoxy groups -OCH3 is 1. The maximum atomic E-state index is 11.9. The van der Waals surface area contributed by atoms with E-state index in [1.165, 1.54) is 13.2 Å². The van der Waals surface area contributed by atoms with E-state index in [1.807, 2.05) is 0 Å². The third-order valence-electron chi connectivity index (χ3n) is 2.31. The Morgan fingerprint density at radius 2 is 1.75 bits per heavy atom. The van der Waals surface area contributed by atoms with Gasteiger partial charge in [-0.1, -0.05) is 12.1 Å². The highest BCUT2D eigenvalue weighted by Crippen LogP contribution is 2.16. The molecular formula is C12H13F3N2O3. The number of rotatable bonds is 5. The van der Waals surface area contributed by atoms with Gasteiger partial charge in [0, 0.05) is 13.1 Å². The van der Waals surface area contributed by atoms with Crippen LogP contribution in [-0.2, 0) is 4.79 Å². The number of nitrogens with one attached hydrogen (secondary N) is 2. The molecule has 8 heteroatoms. The molecule has 0 atom stereocenters. The van der Waals surface area contributed by atoms with E-state index in [-0.39, 0.29) is 18.7 Å². The molecule has 2 N–H and O–H groups in total. The van der Waals surface area contributed by atoms with Crippen LogP contribution in [-0.4, -0.2) is 38.2 Å². The van der Waals surface area contributed by atoms with Gasteiger partial charge in [0.25, 0.3) is 5.91 Å². The molecule has 0 aromatic heterocycles. The molecule has 0 fully saturated rings. The summed E-state index contributed by atoms with van der Waals surface area (Å²) in [5.74, 6) is -2.18. The van der Waals surface area contributed by atoms with Gasteiger partial charge in [-0.15, -0.1) is 0 Å². The molecule has 0 aliphatic heterocycles. The number of benzene rings is 1. The highest BCUT2D eigenvalue weighted by Gasteiger charge is 2.38. The number of alkyl halides is 3. The van der Waals surface area contributed by atoms with Crippen LogP contribution in [0.25, 0.3) is 0 Å². The second kappa shape index (κ2) is 6.78. The van der Waals surface area contributed by atoms with E-state index in [2.05, 4.69) is 5.32 Å². The summed E-state index contributed by atoms with van der Waals surface area (Å²) in [7, 11) is 1.40. The van der Waals surface area contributed by atoms with Crippen LogP contribution < -0.4 is 15.4 Å². The zero-order valence-corrected chi connectivity index (χ0v) is 10.6. The fourth-order valence-electron chi connectivity index (χ4n) is 1.38. The van der Waals surface area contributed by atoms with Crippen LogP contribution in [0, 0.1) is 0 Å². The number of carbonyl (C=O) groups excluding carboxylic acids is 2. The van der Waals surface area contributed by atoms with Gasteiger partial charge in [-0.3, -0.25) is 9.59 Å². The fourth-order valence-corrected chi connectivity index (χ4v) is 1.38. The number of ether oxygens (including phenoxy) is 1. The molecule has 1 rings (SSSR count). The predicted molar refractivity (Wildman–Crippen MR) is 64.4 cm³/mol. The Morgan fingerprint density at radius 1 is 1.15 bits per heavy atom. The second-order valence-electron chi connectivity index (χ2n) is 3.71. The Labute approximate surface area is 113 Å². The lowest BCUT2D eigenvalue weighted by Crippen LogP contribution is -2.41. The highest BCUT2D eigenvalue weighted by atomic mass is 19.4. The predicted octanol–water partition coefficient (Wildman–Crippen LogP) is 1.10. The maximum Gasteiger partial charge on any atom is 0.471 e. The summed E-state index contributed by atoms with van der Waals surface area (Å²) in [5, 5.41) is 4.03. The van der Waals surface area contributed by atoms with Crippen molar-refractivity contribution < 1.29 is 27.5 Å². The van der Waals surface area contributed by atoms with Crippen molar-refractivity contribution in [3.8, 4) is 5.75 Å². The summed E-state index contributed by atoms with van der Waals surface area (Å²) in [5.41, 5.74) is 0.261. The molecule has 1 aromatic carbocycles. The van der Waals surface area contributed by atoms with Crippen LogP contribution in [0.5, 0.6) is 5.75 Å². The zero-order valence-electron chi connectivity index (χ0n) is 10.6. The van der Waals surface area contributed by atoms with Crippen LogP contribution in [0.4, 0.5) is 13.2 Å². The van der Waals surface area contributed by atoms with E-state index in [9.17, 15) is 22.8 Å². The Hall–Kier alpha value is -2.25. The van der Waals surface area contributed by atoms with E-state index in [4.69, 9.17) is 4.74 Å². The van der Waals surface area contributed by atoms with Crippen molar-refractivity contribution in [2.24, 2.45) is 0 Å². The van der Waals surface area contributed by atoms with E-state index in [1.54, 1.807) is 23.5 Å². The first-order valence-corrected chi connectivity index (χ1v) is 5.62. The lowest BCUT2D eigenvalue weighted by molar-refractivity contribution is -0.173. The molecule has 0 saturated heterocycles. The third-order valence-corrected chi connectivity index (χ3v) is 2.31. The molecule has 0 bridgehead atoms. The molecule has 0 saturated carbocycles. The van der Waals surface area contributed by atoms with Crippen LogP contribution >= 0.6 is 0 Å². The van der Waals surface area contributed by atoms with Gasteiger partial charge in [0.15, 0.2) is 0 Å². The molecule has 0 aliphatic rings. The summed E-state index contributed by atoms with van der Waals surface area (Å²) in [6.07, 6.45) is -4.92. The molecule has 0 aliphatic carbocycles. The second-order valence-corrected chi connectivity index (χ2v) is 3.71. The lowest BCUT2D eigenvalue weighted by Gasteiger charge is -2.10. The average molecular weight is 290 g/mol. The van der Waals surface area contributed by atoms with Crippen molar-refractivity contribution in [1.82, 2.24) is 10.6 Å². The van der Waals surface area contributed by atoms with E-state index < -0.39 is 18.0 Å². The summed E-state index contributed by atoms with van der Waals surface area (Å²) in [4.78, 5) is 22.3. The standard InChI is InChI=1S/C12H13F3N2O3/c1-20-9-5-3-2-4-8(9)10(18)16-6-7-17-11(19)12(13,14)15/h2-5H,6-7H2,1H3,(H,16,18)(H,17,19). The number of hydrogen-bond acceptors (Lipinski definition) is 3. The molecule has 110 valence electrons. The molecular weight excluding hydrogens is 277 g/mol. The molecule has 20 heavy (non-hydrogen) atoms. The van der Waals surface area contributed by atoms with Gasteiger partial charge in [-0.2, -0.15) is 13.2 Å². The molecule has 5 nitrogen and oxygen atoms in total. The molecule has 2 amide bonds. The normalized spacial score (nSPS) is 10.8. The summed E-state index contributed by atoms with van der Waals surface area (Å²) < 4.78 is 40.6. The quantitative estimate of drug-likeness (QED) is 0.798. The van der Waals surface area contributed by atoms with Crippen LogP contribution in [0.3, 0.4) is 0 Å². The van der Waals surface area contributed by atoms with Gasteiger partial charge in [0.1, 0.15) is 5.75 Å². The first-order valence-electron chi connectivity index (χ1n) is 5.62. The Balaban J connectivity index is 2.43. The van der Waals surface area contributed by atoms with Gasteiger partial charge in [0.05, 0.1) is 12.7 Å². The van der Waals surface area contributed by atoms with Crippen molar-refractivity contribution in [3.63, 3.8) is 0 Å². The minimum Gasteiger partial charge on any atom is -0.496 e.